The number of benzene rings is 3. The number of nitrogens with zero attached hydrogens (tertiary/aromatic N) is 3. The van der Waals surface area contributed by atoms with E-state index in [1.807, 2.05) is 77.1 Å². The third-order valence-corrected chi connectivity index (χ3v) is 15.1. The first kappa shape index (κ1) is 56.3. The first-order valence-corrected chi connectivity index (χ1v) is 25.9. The number of ether oxygens (including phenoxy) is 1. The Morgan fingerprint density at radius 2 is 1.66 bits per heavy atom. The maximum Gasteiger partial charge on any atom is 0.246 e. The molecule has 16 nitrogen and oxygen atoms in total. The van der Waals surface area contributed by atoms with Crippen LogP contribution < -0.4 is 37.1 Å². The highest BCUT2D eigenvalue weighted by Crippen LogP contribution is 2.39. The Balaban J connectivity index is 0.00000869. The van der Waals surface area contributed by atoms with E-state index in [-0.39, 0.29) is 74.8 Å². The zero-order chi connectivity index (χ0) is 52.0. The van der Waals surface area contributed by atoms with Gasteiger partial charge in [-0.05, 0) is 104 Å². The second-order valence-corrected chi connectivity index (χ2v) is 21.5. The third kappa shape index (κ3) is 13.4. The zero-order valence-electron chi connectivity index (χ0n) is 42.5. The summed E-state index contributed by atoms with van der Waals surface area (Å²) >= 11 is 1.56. The van der Waals surface area contributed by atoms with Crippen LogP contribution in [0.3, 0.4) is 0 Å². The number of thiazole rings is 1. The van der Waals surface area contributed by atoms with Crippen molar-refractivity contribution in [1.82, 2.24) is 25.8 Å². The van der Waals surface area contributed by atoms with E-state index in [1.165, 1.54) is 15.9 Å². The highest BCUT2D eigenvalue weighted by Gasteiger charge is 2.46. The molecule has 3 aromatic carbocycles. The van der Waals surface area contributed by atoms with Gasteiger partial charge < -0.3 is 42.2 Å². The van der Waals surface area contributed by atoms with Gasteiger partial charge in [-0.25, -0.2) is 9.37 Å². The molecule has 7 rings (SSSR count). The predicted molar refractivity (Wildman–Crippen MR) is 280 cm³/mol. The lowest BCUT2D eigenvalue weighted by Gasteiger charge is -2.35. The predicted octanol–water partition coefficient (Wildman–Crippen LogP) is 5.82. The Morgan fingerprint density at radius 3 is 2.34 bits per heavy atom. The third-order valence-electron chi connectivity index (χ3n) is 14.1. The smallest absolute Gasteiger partial charge is 0.246 e. The fourth-order valence-corrected chi connectivity index (χ4v) is 10.8. The van der Waals surface area contributed by atoms with Crippen LogP contribution in [-0.2, 0) is 48.0 Å². The van der Waals surface area contributed by atoms with Crippen molar-refractivity contribution < 1.29 is 43.0 Å². The number of aromatic nitrogens is 1. The number of anilines is 1. The lowest BCUT2D eigenvalue weighted by molar-refractivity contribution is -0.144. The summed E-state index contributed by atoms with van der Waals surface area (Å²) in [6.07, 6.45) is 2.67. The van der Waals surface area contributed by atoms with Crippen LogP contribution >= 0.6 is 23.7 Å². The molecule has 394 valence electrons. The van der Waals surface area contributed by atoms with Crippen LogP contribution in [0.2, 0.25) is 0 Å². The molecule has 1 fully saturated rings. The van der Waals surface area contributed by atoms with Crippen LogP contribution in [0.25, 0.3) is 10.4 Å². The molecule has 0 spiro atoms. The maximum atomic E-state index is 16.1. The van der Waals surface area contributed by atoms with E-state index in [2.05, 4.69) is 20.9 Å². The average Bonchev–Trinajstić information content (AvgIpc) is 4.05. The van der Waals surface area contributed by atoms with E-state index < -0.39 is 71.2 Å². The SMILES string of the molecule is Cc1ccc(OC[C@H](CCC(N)=O)NC(=O)[C@@H]2Cc3cccc4c3N2C(=O)[C@@H](N)CC4)c(F)c1CCCCCC(=O)N[C@H](C(=O)N1C[C@H](O)C[C@H]1C(=O)N[C@@H](C)c1ccc(-c2scnc2C)cc1)C(C)(C)C.Cl. The lowest BCUT2D eigenvalue weighted by Crippen LogP contribution is -2.57. The fraction of sp³-hybridized carbons (Fsp3) is 0.500. The van der Waals surface area contributed by atoms with Crippen molar-refractivity contribution in [2.75, 3.05) is 18.1 Å². The zero-order valence-corrected chi connectivity index (χ0v) is 44.1. The normalized spacial score (nSPS) is 19.5. The molecule has 0 aliphatic carbocycles. The van der Waals surface area contributed by atoms with Crippen molar-refractivity contribution in [3.05, 3.63) is 99.4 Å². The number of hydrogen-bond donors (Lipinski definition) is 6. The molecule has 0 radical (unpaired) electrons. The van der Waals surface area contributed by atoms with Gasteiger partial charge in [0, 0.05) is 32.2 Å². The molecule has 8 N–H and O–H groups in total. The van der Waals surface area contributed by atoms with Crippen molar-refractivity contribution in [3.63, 3.8) is 0 Å². The van der Waals surface area contributed by atoms with Crippen molar-refractivity contribution in [3.8, 4) is 16.2 Å². The first-order valence-electron chi connectivity index (χ1n) is 25.0. The molecule has 19 heteroatoms. The number of carbonyl (C=O) groups excluding carboxylic acids is 6. The number of unbranched alkanes of at least 4 members (excludes halogenated alkanes) is 2. The van der Waals surface area contributed by atoms with Crippen molar-refractivity contribution in [1.29, 1.82) is 0 Å². The van der Waals surface area contributed by atoms with Crippen LogP contribution in [0.5, 0.6) is 5.75 Å². The quantitative estimate of drug-likeness (QED) is 0.0580. The summed E-state index contributed by atoms with van der Waals surface area (Å²) in [6, 6.07) is 12.3. The molecule has 73 heavy (non-hydrogen) atoms. The Morgan fingerprint density at radius 1 is 0.945 bits per heavy atom. The van der Waals surface area contributed by atoms with Gasteiger partial charge >= 0.3 is 0 Å². The average molecular weight is 1050 g/mol. The van der Waals surface area contributed by atoms with Gasteiger partial charge in [-0.15, -0.1) is 23.7 Å². The van der Waals surface area contributed by atoms with E-state index in [1.54, 1.807) is 29.8 Å². The summed E-state index contributed by atoms with van der Waals surface area (Å²) in [5, 5.41) is 19.6. The van der Waals surface area contributed by atoms with Crippen LogP contribution in [0.15, 0.2) is 60.1 Å². The summed E-state index contributed by atoms with van der Waals surface area (Å²) in [7, 11) is 0. The van der Waals surface area contributed by atoms with E-state index in [0.29, 0.717) is 56.1 Å². The van der Waals surface area contributed by atoms with Crippen LogP contribution in [0.1, 0.15) is 119 Å². The van der Waals surface area contributed by atoms with Gasteiger partial charge in [-0.3, -0.25) is 33.7 Å². The molecular weight excluding hydrogens is 975 g/mol. The number of para-hydroxylation sites is 1. The number of carbonyl (C=O) groups is 6. The van der Waals surface area contributed by atoms with Gasteiger partial charge in [-0.2, -0.15) is 0 Å². The second kappa shape index (κ2) is 24.4. The number of rotatable bonds is 20. The number of nitrogens with one attached hydrogen (secondary N) is 3. The highest BCUT2D eigenvalue weighted by molar-refractivity contribution is 7.13. The van der Waals surface area contributed by atoms with Crippen molar-refractivity contribution >= 4 is 64.9 Å². The largest absolute Gasteiger partial charge is 0.488 e. The molecular formula is C54H70ClFN8O8S. The summed E-state index contributed by atoms with van der Waals surface area (Å²) in [4.78, 5) is 88.8. The Bertz CT molecular complexity index is 2660. The van der Waals surface area contributed by atoms with Gasteiger partial charge in [0.2, 0.25) is 35.4 Å². The van der Waals surface area contributed by atoms with Crippen LogP contribution in [0.4, 0.5) is 10.1 Å². The van der Waals surface area contributed by atoms with E-state index in [9.17, 15) is 33.9 Å². The Labute approximate surface area is 437 Å². The Kier molecular flexibility index (Phi) is 18.8. The van der Waals surface area contributed by atoms with E-state index >= 15 is 4.39 Å². The molecule has 4 heterocycles. The number of aryl methyl sites for hydroxylation is 3. The number of primary amides is 1. The molecule has 1 saturated heterocycles. The minimum Gasteiger partial charge on any atom is -0.488 e. The van der Waals surface area contributed by atoms with Crippen molar-refractivity contribution in [2.45, 2.75) is 155 Å². The number of halogens is 2. The van der Waals surface area contributed by atoms with Gasteiger partial charge in [0.05, 0.1) is 46.0 Å². The maximum absolute atomic E-state index is 16.1. The number of β-amino-alcohol motifs (C(OH)–C–C–N with tert-alkyl or cyclic N) is 1. The molecule has 6 amide bonds. The number of likely N-dealkylation sites (tertiary alicyclic amines) is 1. The van der Waals surface area contributed by atoms with Crippen LogP contribution in [-0.4, -0.2) is 99.9 Å². The molecule has 4 aromatic rings. The summed E-state index contributed by atoms with van der Waals surface area (Å²) in [6.45, 7) is 10.9. The fourth-order valence-electron chi connectivity index (χ4n) is 9.99. The molecule has 1 aromatic heterocycles. The highest BCUT2D eigenvalue weighted by atomic mass is 35.5. The number of amides is 6. The minimum absolute atomic E-state index is 0. The lowest BCUT2D eigenvalue weighted by atomic mass is 9.85. The molecule has 0 unspecified atom stereocenters. The topological polar surface area (TPSA) is 239 Å². The summed E-state index contributed by atoms with van der Waals surface area (Å²) in [5.74, 6) is -3.09. The van der Waals surface area contributed by atoms with E-state index in [0.717, 1.165) is 38.5 Å². The van der Waals surface area contributed by atoms with Crippen molar-refractivity contribution in [2.24, 2.45) is 16.9 Å². The number of aliphatic hydroxyl groups is 1. The van der Waals surface area contributed by atoms with Gasteiger partial charge in [-0.1, -0.05) is 75.7 Å². The molecule has 3 aliphatic rings. The molecule has 0 bridgehead atoms. The first-order chi connectivity index (χ1) is 34.2. The summed E-state index contributed by atoms with van der Waals surface area (Å²) < 4.78 is 22.1. The molecule has 7 atom stereocenters. The monoisotopic (exact) mass is 1040 g/mol. The number of hydrogen-bond acceptors (Lipinski definition) is 11. The van der Waals surface area contributed by atoms with Gasteiger partial charge in [0.1, 0.15) is 24.7 Å². The second-order valence-electron chi connectivity index (χ2n) is 20.6. The van der Waals surface area contributed by atoms with Gasteiger partial charge in [0.15, 0.2) is 11.6 Å². The summed E-state index contributed by atoms with van der Waals surface area (Å²) in [5.41, 5.74) is 19.4. The number of aliphatic hydroxyl groups excluding tert-OH is 1. The minimum atomic E-state index is -0.973. The standard InChI is InChI=1S/C54H69FN8O8S.ClH/c1-30-15-23-43(71-28-37(21-24-44(57)65)60-51(68)42-25-36-12-10-11-34-20-22-40(56)52(69)63(42)47(34)36)46(55)39(30)13-8-7-9-14-45(66)61-49(54(4,5)6)53(70)62-27-38(64)26-41(62)50(67)59-31(2)33-16-18-35(19-17-33)48-32(3)58-29-72-48;/h10-12,15-19,23,29,31,37-38,40-42,49,64H,7-9,13-14,20-22,24-28,56H2,1-6H3,(H2,57,65)(H,59,67)(H,60,68)(H,61,66);1H/t31-,37-,38+,40-,41-,42-,49+;/m0./s1. The molecule has 0 saturated carbocycles. The Hall–Kier alpha value is -5.95. The van der Waals surface area contributed by atoms with E-state index in [4.69, 9.17) is 16.2 Å². The number of nitrogens with two attached hydrogens (primary N) is 2. The molecule has 3 aliphatic heterocycles. The van der Waals surface area contributed by atoms with Crippen LogP contribution in [0, 0.1) is 25.1 Å². The van der Waals surface area contributed by atoms with Gasteiger partial charge in [0.25, 0.3) is 0 Å².